The number of rotatable bonds is 4. The van der Waals surface area contributed by atoms with Crippen molar-refractivity contribution in [3.8, 4) is 0 Å². The highest BCUT2D eigenvalue weighted by atomic mass is 16.2. The van der Waals surface area contributed by atoms with Crippen LogP contribution in [-0.4, -0.2) is 43.6 Å². The SMILES string of the molecule is CNC(=O)c1ccc(C2CCCCN2Cc2cc(=O)n3[nH]ccc3n2)n1C. The van der Waals surface area contributed by atoms with Gasteiger partial charge in [0, 0.05) is 44.7 Å². The minimum Gasteiger partial charge on any atom is -0.354 e. The van der Waals surface area contributed by atoms with Gasteiger partial charge in [0.25, 0.3) is 11.5 Å². The van der Waals surface area contributed by atoms with E-state index in [9.17, 15) is 9.59 Å². The predicted octanol–water partition coefficient (Wildman–Crippen LogP) is 1.45. The van der Waals surface area contributed by atoms with Gasteiger partial charge in [-0.2, -0.15) is 0 Å². The first kappa shape index (κ1) is 17.5. The lowest BCUT2D eigenvalue weighted by Gasteiger charge is -2.36. The largest absolute Gasteiger partial charge is 0.354 e. The average molecular weight is 368 g/mol. The molecule has 1 saturated heterocycles. The Morgan fingerprint density at radius 3 is 3.00 bits per heavy atom. The summed E-state index contributed by atoms with van der Waals surface area (Å²) in [5.74, 6) is -0.0845. The van der Waals surface area contributed by atoms with Crippen molar-refractivity contribution in [2.45, 2.75) is 31.8 Å². The van der Waals surface area contributed by atoms with Crippen molar-refractivity contribution >= 4 is 11.6 Å². The molecule has 1 aliphatic rings. The third-order valence-corrected chi connectivity index (χ3v) is 5.37. The average Bonchev–Trinajstić information content (AvgIpc) is 3.28. The lowest BCUT2D eigenvalue weighted by Crippen LogP contribution is -2.35. The number of carbonyl (C=O) groups is 1. The Hall–Kier alpha value is -2.87. The minimum absolute atomic E-state index is 0.0845. The quantitative estimate of drug-likeness (QED) is 0.730. The second kappa shape index (κ2) is 7.03. The number of nitrogens with one attached hydrogen (secondary N) is 2. The monoisotopic (exact) mass is 368 g/mol. The van der Waals surface area contributed by atoms with E-state index in [0.717, 1.165) is 37.2 Å². The van der Waals surface area contributed by atoms with E-state index in [1.165, 1.54) is 4.52 Å². The van der Waals surface area contributed by atoms with E-state index in [1.54, 1.807) is 25.4 Å². The Kier molecular flexibility index (Phi) is 4.57. The van der Waals surface area contributed by atoms with E-state index in [4.69, 9.17) is 0 Å². The lowest BCUT2D eigenvalue weighted by atomic mass is 9.99. The van der Waals surface area contributed by atoms with Crippen molar-refractivity contribution in [3.05, 3.63) is 57.9 Å². The van der Waals surface area contributed by atoms with Crippen molar-refractivity contribution in [2.24, 2.45) is 7.05 Å². The number of H-pyrrole nitrogens is 1. The molecular formula is C19H24N6O2. The number of aromatic amines is 1. The fourth-order valence-electron chi connectivity index (χ4n) is 4.00. The molecule has 3 aromatic heterocycles. The molecule has 0 aliphatic carbocycles. The summed E-state index contributed by atoms with van der Waals surface area (Å²) in [6.45, 7) is 1.56. The van der Waals surface area contributed by atoms with Crippen LogP contribution in [0.5, 0.6) is 0 Å². The molecule has 2 N–H and O–H groups in total. The fraction of sp³-hybridized carbons (Fsp3) is 0.421. The standard InChI is InChI=1S/C19H24N6O2/c1-20-19(27)16-7-6-14(23(16)2)15-5-3-4-10-24(15)12-13-11-18(26)25-17(22-13)8-9-21-25/h6-9,11,15,21H,3-5,10,12H2,1-2H3,(H,20,27). The molecule has 8 heteroatoms. The number of piperidine rings is 1. The van der Waals surface area contributed by atoms with Crippen LogP contribution in [0.2, 0.25) is 0 Å². The first-order valence-corrected chi connectivity index (χ1v) is 9.26. The van der Waals surface area contributed by atoms with E-state index in [1.807, 2.05) is 23.7 Å². The molecule has 27 heavy (non-hydrogen) atoms. The van der Waals surface area contributed by atoms with Crippen LogP contribution in [0.1, 0.15) is 47.2 Å². The van der Waals surface area contributed by atoms with Crippen LogP contribution in [0.25, 0.3) is 5.65 Å². The van der Waals surface area contributed by atoms with Gasteiger partial charge in [-0.05, 0) is 31.5 Å². The molecule has 4 rings (SSSR count). The fourth-order valence-corrected chi connectivity index (χ4v) is 4.00. The highest BCUT2D eigenvalue weighted by Gasteiger charge is 2.27. The molecule has 0 aromatic carbocycles. The molecule has 0 radical (unpaired) electrons. The predicted molar refractivity (Wildman–Crippen MR) is 102 cm³/mol. The van der Waals surface area contributed by atoms with Crippen molar-refractivity contribution in [3.63, 3.8) is 0 Å². The first-order valence-electron chi connectivity index (χ1n) is 9.26. The van der Waals surface area contributed by atoms with E-state index >= 15 is 0 Å². The van der Waals surface area contributed by atoms with Crippen LogP contribution >= 0.6 is 0 Å². The van der Waals surface area contributed by atoms with Gasteiger partial charge in [0.15, 0.2) is 5.65 Å². The number of hydrogen-bond donors (Lipinski definition) is 2. The van der Waals surface area contributed by atoms with Gasteiger partial charge in [0.1, 0.15) is 5.69 Å². The molecule has 1 atom stereocenters. The zero-order valence-electron chi connectivity index (χ0n) is 15.6. The Balaban J connectivity index is 1.63. The molecule has 4 heterocycles. The first-order chi connectivity index (χ1) is 13.1. The molecular weight excluding hydrogens is 344 g/mol. The Morgan fingerprint density at radius 1 is 1.33 bits per heavy atom. The molecule has 1 amide bonds. The number of likely N-dealkylation sites (tertiary alicyclic amines) is 1. The van der Waals surface area contributed by atoms with Crippen LogP contribution < -0.4 is 10.9 Å². The number of carbonyl (C=O) groups excluding carboxylic acids is 1. The molecule has 142 valence electrons. The van der Waals surface area contributed by atoms with Crippen LogP contribution in [0.3, 0.4) is 0 Å². The van der Waals surface area contributed by atoms with Crippen LogP contribution in [0.4, 0.5) is 0 Å². The molecule has 8 nitrogen and oxygen atoms in total. The molecule has 1 fully saturated rings. The molecule has 3 aromatic rings. The normalized spacial score (nSPS) is 18.1. The van der Waals surface area contributed by atoms with Crippen molar-refractivity contribution < 1.29 is 4.79 Å². The van der Waals surface area contributed by atoms with Gasteiger partial charge in [-0.3, -0.25) is 19.6 Å². The van der Waals surface area contributed by atoms with Crippen molar-refractivity contribution in [1.29, 1.82) is 0 Å². The van der Waals surface area contributed by atoms with Crippen molar-refractivity contribution in [2.75, 3.05) is 13.6 Å². The summed E-state index contributed by atoms with van der Waals surface area (Å²) in [5, 5.41) is 5.55. The summed E-state index contributed by atoms with van der Waals surface area (Å²) in [4.78, 5) is 31.3. The second-order valence-electron chi connectivity index (χ2n) is 7.01. The number of amides is 1. The summed E-state index contributed by atoms with van der Waals surface area (Å²) in [5.41, 5.74) is 3.07. The van der Waals surface area contributed by atoms with E-state index in [0.29, 0.717) is 17.9 Å². The van der Waals surface area contributed by atoms with Gasteiger partial charge >= 0.3 is 0 Å². The van der Waals surface area contributed by atoms with Gasteiger partial charge in [0.2, 0.25) is 0 Å². The van der Waals surface area contributed by atoms with Gasteiger partial charge in [-0.25, -0.2) is 9.50 Å². The zero-order valence-corrected chi connectivity index (χ0v) is 15.6. The van der Waals surface area contributed by atoms with Crippen LogP contribution in [0, 0.1) is 0 Å². The Morgan fingerprint density at radius 2 is 2.19 bits per heavy atom. The number of nitrogens with zero attached hydrogens (tertiary/aromatic N) is 4. The van der Waals surface area contributed by atoms with Gasteiger partial charge < -0.3 is 9.88 Å². The maximum Gasteiger partial charge on any atom is 0.272 e. The van der Waals surface area contributed by atoms with Crippen LogP contribution in [-0.2, 0) is 13.6 Å². The number of fused-ring (bicyclic) bond motifs is 1. The van der Waals surface area contributed by atoms with Gasteiger partial charge in [0.05, 0.1) is 11.7 Å². The lowest BCUT2D eigenvalue weighted by molar-refractivity contribution is 0.0952. The number of hydrogen-bond acceptors (Lipinski definition) is 4. The van der Waals surface area contributed by atoms with Gasteiger partial charge in [-0.15, -0.1) is 0 Å². The topological polar surface area (TPSA) is 87.4 Å². The van der Waals surface area contributed by atoms with E-state index in [-0.39, 0.29) is 17.5 Å². The summed E-state index contributed by atoms with van der Waals surface area (Å²) >= 11 is 0. The molecule has 0 bridgehead atoms. The molecule has 1 unspecified atom stereocenters. The summed E-state index contributed by atoms with van der Waals surface area (Å²) < 4.78 is 3.41. The maximum absolute atomic E-state index is 12.2. The maximum atomic E-state index is 12.2. The zero-order chi connectivity index (χ0) is 19.0. The second-order valence-corrected chi connectivity index (χ2v) is 7.01. The molecule has 1 aliphatic heterocycles. The summed E-state index contributed by atoms with van der Waals surface area (Å²) in [7, 11) is 3.58. The number of aromatic nitrogens is 4. The Bertz CT molecular complexity index is 1030. The summed E-state index contributed by atoms with van der Waals surface area (Å²) in [6, 6.07) is 7.50. The minimum atomic E-state index is -0.102. The third kappa shape index (κ3) is 3.16. The third-order valence-electron chi connectivity index (χ3n) is 5.37. The molecule has 0 spiro atoms. The molecule has 0 saturated carbocycles. The van der Waals surface area contributed by atoms with Gasteiger partial charge in [-0.1, -0.05) is 6.42 Å². The van der Waals surface area contributed by atoms with Crippen molar-refractivity contribution in [1.82, 2.24) is 29.4 Å². The smallest absolute Gasteiger partial charge is 0.272 e. The van der Waals surface area contributed by atoms with Crippen LogP contribution in [0.15, 0.2) is 35.3 Å². The van der Waals surface area contributed by atoms with E-state index in [2.05, 4.69) is 20.3 Å². The highest BCUT2D eigenvalue weighted by molar-refractivity contribution is 5.92. The highest BCUT2D eigenvalue weighted by Crippen LogP contribution is 2.32. The van der Waals surface area contributed by atoms with E-state index < -0.39 is 0 Å². The summed E-state index contributed by atoms with van der Waals surface area (Å²) in [6.07, 6.45) is 5.00. The Labute approximate surface area is 156 Å².